The van der Waals surface area contributed by atoms with Crippen molar-refractivity contribution < 1.29 is 14.3 Å². The minimum Gasteiger partial charge on any atom is -0.452 e. The maximum Gasteiger partial charge on any atom is 0.347 e. The van der Waals surface area contributed by atoms with Crippen molar-refractivity contribution in [2.75, 3.05) is 6.61 Å². The Morgan fingerprint density at radius 2 is 1.96 bits per heavy atom. The van der Waals surface area contributed by atoms with Gasteiger partial charge in [-0.15, -0.1) is 0 Å². The van der Waals surface area contributed by atoms with Crippen LogP contribution in [0, 0.1) is 0 Å². The number of ether oxygens (including phenoxy) is 1. The maximum atomic E-state index is 12.1. The number of aromatic nitrogens is 3. The number of fused-ring (bicyclic) bond motifs is 1. The molecule has 0 bridgehead atoms. The molecule has 2 aromatic heterocycles. The molecule has 1 aromatic carbocycles. The summed E-state index contributed by atoms with van der Waals surface area (Å²) in [7, 11) is 0. The fraction of sp³-hybridized carbons (Fsp3) is 0.263. The van der Waals surface area contributed by atoms with Crippen molar-refractivity contribution in [1.82, 2.24) is 19.9 Å². The van der Waals surface area contributed by atoms with Crippen molar-refractivity contribution in [3.05, 3.63) is 69.8 Å². The summed E-state index contributed by atoms with van der Waals surface area (Å²) >= 11 is 0. The van der Waals surface area contributed by atoms with E-state index in [2.05, 4.69) is 22.4 Å². The van der Waals surface area contributed by atoms with Crippen LogP contribution in [-0.2, 0) is 16.0 Å². The normalized spacial score (nSPS) is 11.9. The third kappa shape index (κ3) is 4.22. The van der Waals surface area contributed by atoms with Gasteiger partial charge in [-0.3, -0.25) is 4.79 Å². The minimum atomic E-state index is -0.694. The highest BCUT2D eigenvalue weighted by Crippen LogP contribution is 2.13. The fourth-order valence-corrected chi connectivity index (χ4v) is 2.65. The lowest BCUT2D eigenvalue weighted by Crippen LogP contribution is -2.31. The number of amides is 1. The number of benzene rings is 1. The number of hydrogen-bond donors (Lipinski definition) is 2. The molecule has 3 rings (SSSR count). The van der Waals surface area contributed by atoms with Gasteiger partial charge in [0.15, 0.2) is 12.3 Å². The number of carbonyl (C=O) groups excluding carboxylic acids is 2. The molecule has 0 aliphatic heterocycles. The van der Waals surface area contributed by atoms with Crippen molar-refractivity contribution in [2.45, 2.75) is 26.3 Å². The van der Waals surface area contributed by atoms with Crippen molar-refractivity contribution in [2.24, 2.45) is 0 Å². The van der Waals surface area contributed by atoms with Crippen LogP contribution in [0.1, 0.15) is 41.4 Å². The molecule has 140 valence electrons. The van der Waals surface area contributed by atoms with E-state index in [1.54, 1.807) is 0 Å². The van der Waals surface area contributed by atoms with Crippen LogP contribution in [0.2, 0.25) is 0 Å². The average molecular weight is 368 g/mol. The Morgan fingerprint density at radius 1 is 1.22 bits per heavy atom. The van der Waals surface area contributed by atoms with Crippen LogP contribution in [0.25, 0.3) is 5.65 Å². The molecule has 2 heterocycles. The molecule has 0 fully saturated rings. The lowest BCUT2D eigenvalue weighted by Gasteiger charge is -2.15. The summed E-state index contributed by atoms with van der Waals surface area (Å²) in [5.41, 5.74) is 2.27. The predicted molar refractivity (Wildman–Crippen MR) is 98.5 cm³/mol. The van der Waals surface area contributed by atoms with Crippen LogP contribution in [0.5, 0.6) is 0 Å². The Morgan fingerprint density at radius 3 is 2.67 bits per heavy atom. The number of nitrogens with zero attached hydrogens (tertiary/aromatic N) is 2. The molecular weight excluding hydrogens is 348 g/mol. The number of carbonyl (C=O) groups is 2. The van der Waals surface area contributed by atoms with Gasteiger partial charge in [-0.2, -0.15) is 5.10 Å². The summed E-state index contributed by atoms with van der Waals surface area (Å²) in [6, 6.07) is 10.8. The monoisotopic (exact) mass is 368 g/mol. The zero-order valence-electron chi connectivity index (χ0n) is 15.1. The zero-order chi connectivity index (χ0) is 19.4. The highest BCUT2D eigenvalue weighted by atomic mass is 16.5. The van der Waals surface area contributed by atoms with E-state index in [0.717, 1.165) is 12.0 Å². The number of rotatable bonds is 6. The molecule has 1 atom stereocenters. The summed E-state index contributed by atoms with van der Waals surface area (Å²) in [4.78, 5) is 35.7. The number of nitrogens with one attached hydrogen (secondary N) is 2. The fourth-order valence-electron chi connectivity index (χ4n) is 2.65. The van der Waals surface area contributed by atoms with Crippen molar-refractivity contribution in [1.29, 1.82) is 0 Å². The Bertz CT molecular complexity index is 1020. The van der Waals surface area contributed by atoms with Gasteiger partial charge in [-0.05, 0) is 36.6 Å². The smallest absolute Gasteiger partial charge is 0.347 e. The van der Waals surface area contributed by atoms with E-state index in [4.69, 9.17) is 4.74 Å². The first-order valence-electron chi connectivity index (χ1n) is 8.60. The van der Waals surface area contributed by atoms with E-state index >= 15 is 0 Å². The number of esters is 1. The minimum absolute atomic E-state index is 0.155. The standard InChI is InChI=1S/C19H20N4O4/c1-3-13-4-6-14(7-5-13)12(2)20-17(24)11-27-18(25)15-8-9-16-21-22-19(26)23(16)10-15/h4-10,12H,3,11H2,1-2H3,(H,20,24)(H,22,26). The average Bonchev–Trinajstić information content (AvgIpc) is 3.06. The number of aryl methyl sites for hydroxylation is 1. The van der Waals surface area contributed by atoms with Crippen molar-refractivity contribution in [3.63, 3.8) is 0 Å². The van der Waals surface area contributed by atoms with E-state index in [1.807, 2.05) is 31.2 Å². The van der Waals surface area contributed by atoms with Crippen LogP contribution < -0.4 is 11.0 Å². The second-order valence-electron chi connectivity index (χ2n) is 6.14. The first kappa shape index (κ1) is 18.4. The van der Waals surface area contributed by atoms with Gasteiger partial charge in [0.25, 0.3) is 5.91 Å². The van der Waals surface area contributed by atoms with E-state index in [1.165, 1.54) is 28.3 Å². The third-order valence-corrected chi connectivity index (χ3v) is 4.25. The van der Waals surface area contributed by atoms with Crippen LogP contribution in [0.3, 0.4) is 0 Å². The molecule has 3 aromatic rings. The second-order valence-corrected chi connectivity index (χ2v) is 6.14. The molecule has 0 aliphatic carbocycles. The van der Waals surface area contributed by atoms with Gasteiger partial charge in [0.05, 0.1) is 11.6 Å². The van der Waals surface area contributed by atoms with Gasteiger partial charge in [-0.25, -0.2) is 19.1 Å². The van der Waals surface area contributed by atoms with Crippen molar-refractivity contribution >= 4 is 17.5 Å². The van der Waals surface area contributed by atoms with Gasteiger partial charge in [0.2, 0.25) is 0 Å². The molecule has 0 saturated heterocycles. The van der Waals surface area contributed by atoms with Gasteiger partial charge in [0.1, 0.15) is 0 Å². The molecule has 0 spiro atoms. The molecule has 1 amide bonds. The molecule has 2 N–H and O–H groups in total. The molecular formula is C19H20N4O4. The van der Waals surface area contributed by atoms with Crippen LogP contribution in [0.15, 0.2) is 47.4 Å². The van der Waals surface area contributed by atoms with Crippen molar-refractivity contribution in [3.8, 4) is 0 Å². The quantitative estimate of drug-likeness (QED) is 0.643. The second kappa shape index (κ2) is 7.86. The summed E-state index contributed by atoms with van der Waals surface area (Å²) in [6.45, 7) is 3.53. The number of H-pyrrole nitrogens is 1. The highest BCUT2D eigenvalue weighted by Gasteiger charge is 2.14. The Labute approximate surface area is 155 Å². The Kier molecular flexibility index (Phi) is 5.35. The first-order chi connectivity index (χ1) is 13.0. The van der Waals surface area contributed by atoms with Gasteiger partial charge < -0.3 is 10.1 Å². The SMILES string of the molecule is CCc1ccc(C(C)NC(=O)COC(=O)c2ccc3n[nH]c(=O)n3c2)cc1. The molecule has 27 heavy (non-hydrogen) atoms. The van der Waals surface area contributed by atoms with Gasteiger partial charge in [0, 0.05) is 6.20 Å². The largest absolute Gasteiger partial charge is 0.452 e. The number of hydrogen-bond acceptors (Lipinski definition) is 5. The summed E-state index contributed by atoms with van der Waals surface area (Å²) in [5, 5.41) is 8.84. The predicted octanol–water partition coefficient (Wildman–Crippen LogP) is 1.62. The summed E-state index contributed by atoms with van der Waals surface area (Å²) < 4.78 is 6.22. The summed E-state index contributed by atoms with van der Waals surface area (Å²) in [5.74, 6) is -1.10. The van der Waals surface area contributed by atoms with Gasteiger partial charge in [-0.1, -0.05) is 31.2 Å². The number of pyridine rings is 1. The highest BCUT2D eigenvalue weighted by molar-refractivity contribution is 5.91. The molecule has 8 nitrogen and oxygen atoms in total. The Balaban J connectivity index is 1.56. The van der Waals surface area contributed by atoms with E-state index < -0.39 is 24.2 Å². The Hall–Kier alpha value is -3.42. The molecule has 0 radical (unpaired) electrons. The van der Waals surface area contributed by atoms with Crippen LogP contribution >= 0.6 is 0 Å². The van der Waals surface area contributed by atoms with E-state index in [-0.39, 0.29) is 11.6 Å². The molecule has 0 saturated carbocycles. The topological polar surface area (TPSA) is 106 Å². The number of aromatic amines is 1. The molecule has 1 unspecified atom stereocenters. The maximum absolute atomic E-state index is 12.1. The van der Waals surface area contributed by atoms with E-state index in [0.29, 0.717) is 5.65 Å². The lowest BCUT2D eigenvalue weighted by molar-refractivity contribution is -0.124. The molecule has 0 aliphatic rings. The third-order valence-electron chi connectivity index (χ3n) is 4.25. The van der Waals surface area contributed by atoms with Gasteiger partial charge >= 0.3 is 11.7 Å². The zero-order valence-corrected chi connectivity index (χ0v) is 15.1. The lowest BCUT2D eigenvalue weighted by atomic mass is 10.1. The van der Waals surface area contributed by atoms with Crippen LogP contribution in [0.4, 0.5) is 0 Å². The first-order valence-corrected chi connectivity index (χ1v) is 8.60. The molecule has 8 heteroatoms. The summed E-state index contributed by atoms with van der Waals surface area (Å²) in [6.07, 6.45) is 2.27. The van der Waals surface area contributed by atoms with E-state index in [9.17, 15) is 14.4 Å². The van der Waals surface area contributed by atoms with Crippen LogP contribution in [-0.4, -0.2) is 33.1 Å².